The second-order valence-electron chi connectivity index (χ2n) is 18.3. The smallest absolute Gasteiger partial charge is 0.379 e. The fourth-order valence-corrected chi connectivity index (χ4v) is 7.64. The van der Waals surface area contributed by atoms with Crippen LogP contribution in [-0.4, -0.2) is 162 Å². The predicted molar refractivity (Wildman–Crippen MR) is 303 cm³/mol. The summed E-state index contributed by atoms with van der Waals surface area (Å²) in [6.45, 7) is 30.3. The summed E-state index contributed by atoms with van der Waals surface area (Å²) in [5, 5.41) is 9.63. The molecule has 7 atom stereocenters. The summed E-state index contributed by atoms with van der Waals surface area (Å²) in [5.41, 5.74) is 2.37. The Kier molecular flexibility index (Phi) is 49.4. The molecular weight excluding hydrogens is 1000 g/mol. The maximum atomic E-state index is 13.8. The molecule has 2 aromatic carbocycles. The molecule has 0 aromatic heterocycles. The average Bonchev–Trinajstić information content (AvgIpc) is 3.89. The summed E-state index contributed by atoms with van der Waals surface area (Å²) >= 11 is 0. The van der Waals surface area contributed by atoms with Crippen LogP contribution >= 0.6 is 0 Å². The van der Waals surface area contributed by atoms with E-state index in [1.165, 1.54) is 51.8 Å². The van der Waals surface area contributed by atoms with Gasteiger partial charge in [0.15, 0.2) is 0 Å². The number of carbonyl (C=O) groups is 8. The van der Waals surface area contributed by atoms with Crippen LogP contribution in [0.1, 0.15) is 126 Å². The second-order valence-corrected chi connectivity index (χ2v) is 18.3. The van der Waals surface area contributed by atoms with E-state index in [-0.39, 0.29) is 78.7 Å². The van der Waals surface area contributed by atoms with E-state index in [0.29, 0.717) is 13.0 Å². The van der Waals surface area contributed by atoms with Crippen molar-refractivity contribution in [3.8, 4) is 0 Å². The van der Waals surface area contributed by atoms with Gasteiger partial charge in [-0.25, -0.2) is 0 Å². The Hall–Kier alpha value is -5.73. The first-order valence-electron chi connectivity index (χ1n) is 26.4. The molecule has 1 aliphatic heterocycles. The molecule has 1 heterocycles. The molecule has 1 saturated heterocycles. The number of rotatable bonds is 19. The van der Waals surface area contributed by atoms with Crippen LogP contribution in [0.5, 0.6) is 0 Å². The predicted octanol–water partition coefficient (Wildman–Crippen LogP) is 8.45. The highest BCUT2D eigenvalue weighted by molar-refractivity contribution is 5.95. The van der Waals surface area contributed by atoms with Crippen LogP contribution in [0.4, 0.5) is 18.9 Å². The van der Waals surface area contributed by atoms with Crippen molar-refractivity contribution in [1.82, 2.24) is 30.7 Å². The topological polar surface area (TPSA) is 213 Å². The molecule has 4 N–H and O–H groups in total. The van der Waals surface area contributed by atoms with Crippen molar-refractivity contribution in [3.63, 3.8) is 0 Å². The molecule has 444 valence electrons. The summed E-state index contributed by atoms with van der Waals surface area (Å²) in [7, 11) is 9.91. The number of anilines is 1. The van der Waals surface area contributed by atoms with Crippen molar-refractivity contribution in [2.24, 2.45) is 17.8 Å². The van der Waals surface area contributed by atoms with E-state index in [0.717, 1.165) is 18.4 Å². The minimum atomic E-state index is -4.84. The highest BCUT2D eigenvalue weighted by atomic mass is 19.4. The largest absolute Gasteiger partial charge is 0.471 e. The Balaban J connectivity index is -0.000000420. The summed E-state index contributed by atoms with van der Waals surface area (Å²) < 4.78 is 47.0. The first kappa shape index (κ1) is 80.1. The fraction of sp³-hybridized carbons (Fsp3) is 0.649. The normalized spacial score (nSPS) is 14.4. The summed E-state index contributed by atoms with van der Waals surface area (Å²) in [5.74, 6) is -3.75. The molecule has 1 fully saturated rings. The van der Waals surface area contributed by atoms with Gasteiger partial charge in [-0.05, 0) is 64.8 Å². The molecule has 3 rings (SSSR count). The number of nitrogens with one attached hydrogen (secondary N) is 4. The van der Waals surface area contributed by atoms with Crippen LogP contribution in [0.3, 0.4) is 0 Å². The van der Waals surface area contributed by atoms with Crippen LogP contribution in [0.2, 0.25) is 0 Å². The monoisotopic (exact) mass is 1100 g/mol. The maximum Gasteiger partial charge on any atom is 0.471 e. The van der Waals surface area contributed by atoms with Gasteiger partial charge in [-0.2, -0.15) is 13.2 Å². The molecule has 2 aromatic rings. The zero-order valence-corrected chi connectivity index (χ0v) is 50.2. The van der Waals surface area contributed by atoms with Gasteiger partial charge in [-0.15, -0.1) is 0 Å². The van der Waals surface area contributed by atoms with Crippen LogP contribution in [-0.2, 0) is 47.8 Å². The van der Waals surface area contributed by atoms with Crippen molar-refractivity contribution in [2.75, 3.05) is 67.4 Å². The van der Waals surface area contributed by atoms with Gasteiger partial charge >= 0.3 is 12.1 Å². The number of hydrogen-bond acceptors (Lipinski definition) is 11. The van der Waals surface area contributed by atoms with Crippen molar-refractivity contribution in [1.29, 1.82) is 0 Å². The lowest BCUT2D eigenvalue weighted by atomic mass is 9.90. The first-order valence-corrected chi connectivity index (χ1v) is 26.4. The number of aryl methyl sites for hydroxylation is 2. The Morgan fingerprint density at radius 1 is 0.753 bits per heavy atom. The van der Waals surface area contributed by atoms with Gasteiger partial charge in [0, 0.05) is 40.5 Å². The summed E-state index contributed by atoms with van der Waals surface area (Å²) in [6, 6.07) is 15.2. The molecule has 0 aliphatic carbocycles. The van der Waals surface area contributed by atoms with Gasteiger partial charge in [-0.3, -0.25) is 33.7 Å². The molecule has 0 spiro atoms. The van der Waals surface area contributed by atoms with E-state index in [1.54, 1.807) is 48.1 Å². The minimum absolute atomic E-state index is 0.00715. The lowest BCUT2D eigenvalue weighted by Crippen LogP contribution is -2.55. The number of likely N-dealkylation sites (N-methyl/N-ethyl adjacent to an activating group) is 3. The SMILES string of the molecule is C=O.C=O.CC.CCC.CCC.CCC(C)C(C(CC(=O)N1CCCC1C(OC)C(C)C(=O)NCC(=O)NC)OC)N(C)C(=O)CNC(=O)C(C(C)C)N(C)C.Cc1ccc(NC(=O)C(F)(F)F)cc1.Cc1ccccc1. The standard InChI is InChI=1S/C31H58N6O7.C9H8F3NO.C7H8.2C3H8.C2H6.2CH2O/c1-12-20(4)28(36(9)26(40)18-34-31(42)27(19(2)3)35(7)8)23(43-10)16-25(39)37-15-13-14-22(37)29(44-11)21(5)30(41)33-17-24(38)32-6;1-6-2-4-7(5-3-6)13-8(14)9(10,11)12;1-7-5-3-2-4-6-7;2*1-3-2;3*1-2/h19-23,27-29H,12-18H2,1-11H3,(H,32,38)(H,33,41)(H,34,42);2-5H,1H3,(H,13,14);2-6H,1H3;2*3H2,1-2H3;1-2H3;2*1H2. The lowest BCUT2D eigenvalue weighted by molar-refractivity contribution is -0.167. The number of hydrogen-bond donors (Lipinski definition) is 4. The van der Waals surface area contributed by atoms with Gasteiger partial charge < -0.3 is 50.1 Å². The third kappa shape index (κ3) is 33.9. The Morgan fingerprint density at radius 3 is 1.62 bits per heavy atom. The van der Waals surface area contributed by atoms with Gasteiger partial charge in [0.05, 0.1) is 55.8 Å². The highest BCUT2D eigenvalue weighted by Gasteiger charge is 2.42. The van der Waals surface area contributed by atoms with Crippen LogP contribution in [0.15, 0.2) is 54.6 Å². The van der Waals surface area contributed by atoms with E-state index in [1.807, 2.05) is 92.3 Å². The van der Waals surface area contributed by atoms with E-state index in [4.69, 9.17) is 19.1 Å². The molecule has 77 heavy (non-hydrogen) atoms. The van der Waals surface area contributed by atoms with E-state index < -0.39 is 36.3 Å². The summed E-state index contributed by atoms with van der Waals surface area (Å²) in [6.07, 6.45) is -1.28. The number of amides is 6. The van der Waals surface area contributed by atoms with E-state index in [9.17, 15) is 41.9 Å². The summed E-state index contributed by atoms with van der Waals surface area (Å²) in [4.78, 5) is 96.0. The number of methoxy groups -OCH3 is 2. The van der Waals surface area contributed by atoms with Crippen molar-refractivity contribution in [3.05, 3.63) is 65.7 Å². The molecule has 20 heteroatoms. The average molecular weight is 1100 g/mol. The van der Waals surface area contributed by atoms with Crippen LogP contribution in [0.25, 0.3) is 0 Å². The fourth-order valence-electron chi connectivity index (χ4n) is 7.64. The van der Waals surface area contributed by atoms with Gasteiger partial charge in [0.2, 0.25) is 29.5 Å². The zero-order valence-electron chi connectivity index (χ0n) is 50.2. The van der Waals surface area contributed by atoms with Crippen molar-refractivity contribution < 1.29 is 61.0 Å². The second kappa shape index (κ2) is 47.5. The number of likely N-dealkylation sites (tertiary alicyclic amines) is 1. The number of ether oxygens (including phenoxy) is 2. The quantitative estimate of drug-likeness (QED) is 0.105. The Morgan fingerprint density at radius 2 is 1.23 bits per heavy atom. The molecule has 7 unspecified atom stereocenters. The van der Waals surface area contributed by atoms with Crippen LogP contribution in [0, 0.1) is 31.6 Å². The maximum absolute atomic E-state index is 13.8. The van der Waals surface area contributed by atoms with Gasteiger partial charge in [0.25, 0.3) is 0 Å². The van der Waals surface area contributed by atoms with Crippen molar-refractivity contribution in [2.45, 2.75) is 165 Å². The molecule has 0 saturated carbocycles. The molecule has 6 amide bonds. The lowest BCUT2D eigenvalue weighted by Gasteiger charge is -2.39. The number of benzene rings is 2. The molecule has 1 aliphatic rings. The van der Waals surface area contributed by atoms with Gasteiger partial charge in [-0.1, -0.05) is 149 Å². The number of halogens is 3. The van der Waals surface area contributed by atoms with Crippen molar-refractivity contribution >= 4 is 54.7 Å². The number of alkyl halides is 3. The van der Waals surface area contributed by atoms with Crippen LogP contribution < -0.4 is 21.3 Å². The number of carbonyl (C=O) groups excluding carboxylic acids is 8. The third-order valence-corrected chi connectivity index (χ3v) is 11.4. The number of nitrogens with zero attached hydrogens (tertiary/aromatic N) is 3. The molecule has 0 bridgehead atoms. The molecule has 0 radical (unpaired) electrons. The molecular formula is C57H100F3N7O10. The first-order chi connectivity index (χ1) is 36.3. The third-order valence-electron chi connectivity index (χ3n) is 11.4. The Labute approximate surface area is 460 Å². The molecule has 17 nitrogen and oxygen atoms in total. The van der Waals surface area contributed by atoms with Gasteiger partial charge in [0.1, 0.15) is 13.6 Å². The van der Waals surface area contributed by atoms with E-state index >= 15 is 0 Å². The zero-order chi connectivity index (χ0) is 61.0. The highest BCUT2D eigenvalue weighted by Crippen LogP contribution is 2.29. The Bertz CT molecular complexity index is 1850. The minimum Gasteiger partial charge on any atom is -0.379 e. The van der Waals surface area contributed by atoms with E-state index in [2.05, 4.69) is 62.7 Å².